The van der Waals surface area contributed by atoms with Crippen LogP contribution >= 0.6 is 24.8 Å². The summed E-state index contributed by atoms with van der Waals surface area (Å²) in [5, 5.41) is 27.4. The average Bonchev–Trinajstić information content (AvgIpc) is 2.42. The fourth-order valence-electron chi connectivity index (χ4n) is 3.11. The second kappa shape index (κ2) is 11.2. The molecule has 148 valence electrons. The maximum absolute atomic E-state index is 12.5. The second-order valence-corrected chi connectivity index (χ2v) is 7.04. The van der Waals surface area contributed by atoms with Gasteiger partial charge in [0.15, 0.2) is 0 Å². The van der Waals surface area contributed by atoms with Crippen LogP contribution in [0.25, 0.3) is 0 Å². The zero-order valence-corrected chi connectivity index (χ0v) is 16.3. The SMILES string of the molecule is CC(C)C[C@H](N)C(=O)N1C[C@@H](CCB(O)O)C[C@](N)(C(=O)O)C1.Cl.Cl. The van der Waals surface area contributed by atoms with Crippen molar-refractivity contribution in [3.05, 3.63) is 0 Å². The maximum Gasteiger partial charge on any atom is 0.451 e. The molecule has 0 saturated carbocycles. The summed E-state index contributed by atoms with van der Waals surface area (Å²) in [6, 6.07) is -0.685. The van der Waals surface area contributed by atoms with Crippen LogP contribution in [0.2, 0.25) is 6.32 Å². The Hall–Kier alpha value is -0.575. The summed E-state index contributed by atoms with van der Waals surface area (Å²) < 4.78 is 0. The third-order valence-corrected chi connectivity index (χ3v) is 4.22. The first kappa shape index (κ1) is 26.7. The lowest BCUT2D eigenvalue weighted by Crippen LogP contribution is -2.64. The lowest BCUT2D eigenvalue weighted by molar-refractivity contribution is -0.149. The summed E-state index contributed by atoms with van der Waals surface area (Å²) in [7, 11) is -1.46. The van der Waals surface area contributed by atoms with Gasteiger partial charge in [0, 0.05) is 13.1 Å². The van der Waals surface area contributed by atoms with E-state index in [1.165, 1.54) is 4.90 Å². The zero-order chi connectivity index (χ0) is 17.8. The predicted molar refractivity (Wildman–Crippen MR) is 101 cm³/mol. The fraction of sp³-hybridized carbons (Fsp3) is 0.857. The van der Waals surface area contributed by atoms with E-state index in [0.29, 0.717) is 19.4 Å². The largest absolute Gasteiger partial charge is 0.480 e. The highest BCUT2D eigenvalue weighted by molar-refractivity contribution is 6.40. The molecule has 1 aliphatic heterocycles. The number of carboxylic acid groups (broad SMARTS) is 1. The van der Waals surface area contributed by atoms with Gasteiger partial charge < -0.3 is 31.5 Å². The van der Waals surface area contributed by atoms with Crippen molar-refractivity contribution < 1.29 is 24.7 Å². The predicted octanol–water partition coefficient (Wildman–Crippen LogP) is -0.303. The van der Waals surface area contributed by atoms with E-state index in [1.807, 2.05) is 13.8 Å². The minimum absolute atomic E-state index is 0. The molecule has 0 radical (unpaired) electrons. The van der Waals surface area contributed by atoms with Crippen molar-refractivity contribution in [2.24, 2.45) is 23.3 Å². The monoisotopic (exact) mass is 401 g/mol. The molecule has 0 aliphatic carbocycles. The first-order valence-corrected chi connectivity index (χ1v) is 7.98. The number of aliphatic carboxylic acids is 1. The molecular weight excluding hydrogens is 372 g/mol. The Balaban J connectivity index is 0. The molecule has 1 fully saturated rings. The van der Waals surface area contributed by atoms with E-state index < -0.39 is 24.7 Å². The van der Waals surface area contributed by atoms with Crippen molar-refractivity contribution in [3.8, 4) is 0 Å². The molecule has 1 aliphatic rings. The number of hydrogen-bond acceptors (Lipinski definition) is 6. The molecule has 3 atom stereocenters. The Morgan fingerprint density at radius 1 is 1.32 bits per heavy atom. The number of carbonyl (C=O) groups is 2. The second-order valence-electron chi connectivity index (χ2n) is 7.04. The molecule has 0 bridgehead atoms. The van der Waals surface area contributed by atoms with Gasteiger partial charge in [-0.3, -0.25) is 9.59 Å². The van der Waals surface area contributed by atoms with Crippen LogP contribution in [0.1, 0.15) is 33.1 Å². The molecule has 0 aromatic heterocycles. The van der Waals surface area contributed by atoms with E-state index in [4.69, 9.17) is 21.5 Å². The third kappa shape index (κ3) is 8.10. The standard InChI is InChI=1S/C14H28BN3O5.2ClH/c1-9(2)5-11(16)12(19)18-7-10(3-4-15(22)23)6-14(17,8-18)13(20)21;;/h9-11,22-23H,3-8,16-17H2,1-2H3,(H,20,21);2*1H/t10-,11-,14+;;/m0../s1. The molecule has 0 aromatic rings. The number of halogens is 2. The number of nitrogens with two attached hydrogens (primary N) is 2. The fourth-order valence-corrected chi connectivity index (χ4v) is 3.11. The Morgan fingerprint density at radius 2 is 1.88 bits per heavy atom. The van der Waals surface area contributed by atoms with Gasteiger partial charge in [-0.15, -0.1) is 24.8 Å². The number of piperidine rings is 1. The van der Waals surface area contributed by atoms with Crippen LogP contribution in [0.3, 0.4) is 0 Å². The lowest BCUT2D eigenvalue weighted by Gasteiger charge is -2.42. The molecule has 8 nitrogen and oxygen atoms in total. The molecule has 1 amide bonds. The highest BCUT2D eigenvalue weighted by atomic mass is 35.5. The van der Waals surface area contributed by atoms with Crippen molar-refractivity contribution >= 4 is 43.8 Å². The van der Waals surface area contributed by atoms with Crippen molar-refractivity contribution in [1.29, 1.82) is 0 Å². The Morgan fingerprint density at radius 3 is 2.32 bits per heavy atom. The number of likely N-dealkylation sites (tertiary alicyclic amines) is 1. The number of hydrogen-bond donors (Lipinski definition) is 5. The lowest BCUT2D eigenvalue weighted by atomic mass is 9.75. The van der Waals surface area contributed by atoms with Crippen LogP contribution in [0.5, 0.6) is 0 Å². The van der Waals surface area contributed by atoms with Crippen molar-refractivity contribution in [3.63, 3.8) is 0 Å². The number of rotatable bonds is 7. The van der Waals surface area contributed by atoms with Gasteiger partial charge in [-0.05, 0) is 31.0 Å². The van der Waals surface area contributed by atoms with Crippen molar-refractivity contribution in [2.45, 2.75) is 51.0 Å². The van der Waals surface area contributed by atoms with Crippen LogP contribution in [-0.2, 0) is 9.59 Å². The van der Waals surface area contributed by atoms with E-state index in [-0.39, 0.29) is 61.8 Å². The van der Waals surface area contributed by atoms with Gasteiger partial charge in [-0.25, -0.2) is 0 Å². The van der Waals surface area contributed by atoms with Crippen LogP contribution < -0.4 is 11.5 Å². The van der Waals surface area contributed by atoms with E-state index in [9.17, 15) is 14.7 Å². The summed E-state index contributed by atoms with van der Waals surface area (Å²) in [5.74, 6) is -1.42. The van der Waals surface area contributed by atoms with E-state index >= 15 is 0 Å². The van der Waals surface area contributed by atoms with Gasteiger partial charge in [-0.1, -0.05) is 20.3 Å². The maximum atomic E-state index is 12.5. The van der Waals surface area contributed by atoms with Gasteiger partial charge >= 0.3 is 13.1 Å². The molecular formula is C14H30BCl2N3O5. The Labute approximate surface area is 161 Å². The molecule has 1 rings (SSSR count). The molecule has 11 heteroatoms. The molecule has 25 heavy (non-hydrogen) atoms. The van der Waals surface area contributed by atoms with Crippen LogP contribution in [0, 0.1) is 11.8 Å². The zero-order valence-electron chi connectivity index (χ0n) is 14.6. The summed E-state index contributed by atoms with van der Waals surface area (Å²) in [6.07, 6.45) is 1.20. The molecule has 0 spiro atoms. The van der Waals surface area contributed by atoms with Crippen LogP contribution in [-0.4, -0.2) is 63.7 Å². The first-order chi connectivity index (χ1) is 10.5. The summed E-state index contributed by atoms with van der Waals surface area (Å²) in [4.78, 5) is 25.4. The van der Waals surface area contributed by atoms with E-state index in [1.54, 1.807) is 0 Å². The van der Waals surface area contributed by atoms with Gasteiger partial charge in [0.05, 0.1) is 6.04 Å². The van der Waals surface area contributed by atoms with Gasteiger partial charge in [0.1, 0.15) is 5.54 Å². The molecule has 1 saturated heterocycles. The molecule has 7 N–H and O–H groups in total. The number of nitrogens with zero attached hydrogens (tertiary/aromatic N) is 1. The van der Waals surface area contributed by atoms with Crippen molar-refractivity contribution in [1.82, 2.24) is 4.90 Å². The Bertz CT molecular complexity index is 445. The van der Waals surface area contributed by atoms with E-state index in [2.05, 4.69) is 0 Å². The van der Waals surface area contributed by atoms with Gasteiger partial charge in [0.25, 0.3) is 0 Å². The minimum Gasteiger partial charge on any atom is -0.480 e. The Kier molecular flexibility index (Phi) is 11.9. The number of carbonyl (C=O) groups excluding carboxylic acids is 1. The number of amides is 1. The van der Waals surface area contributed by atoms with Crippen LogP contribution in [0.15, 0.2) is 0 Å². The summed E-state index contributed by atoms with van der Waals surface area (Å²) in [6.45, 7) is 4.17. The quantitative estimate of drug-likeness (QED) is 0.367. The molecule has 0 unspecified atom stereocenters. The van der Waals surface area contributed by atoms with Gasteiger partial charge in [-0.2, -0.15) is 0 Å². The average molecular weight is 402 g/mol. The first-order valence-electron chi connectivity index (χ1n) is 7.98. The topological polar surface area (TPSA) is 150 Å². The highest BCUT2D eigenvalue weighted by Crippen LogP contribution is 2.28. The van der Waals surface area contributed by atoms with Crippen LogP contribution in [0.4, 0.5) is 0 Å². The smallest absolute Gasteiger partial charge is 0.451 e. The summed E-state index contributed by atoms with van der Waals surface area (Å²) in [5.41, 5.74) is 10.4. The molecule has 1 heterocycles. The minimum atomic E-state index is -1.53. The van der Waals surface area contributed by atoms with Gasteiger partial charge in [0.2, 0.25) is 5.91 Å². The van der Waals surface area contributed by atoms with E-state index in [0.717, 1.165) is 0 Å². The third-order valence-electron chi connectivity index (χ3n) is 4.22. The number of carboxylic acids is 1. The normalized spacial score (nSPS) is 24.1. The van der Waals surface area contributed by atoms with Crippen molar-refractivity contribution in [2.75, 3.05) is 13.1 Å². The highest BCUT2D eigenvalue weighted by Gasteiger charge is 2.44. The summed E-state index contributed by atoms with van der Waals surface area (Å²) >= 11 is 0. The molecule has 0 aromatic carbocycles.